The zero-order chi connectivity index (χ0) is 23.3. The van der Waals surface area contributed by atoms with Crippen LogP contribution in [0, 0.1) is 17.8 Å². The van der Waals surface area contributed by atoms with E-state index in [4.69, 9.17) is 0 Å². The molecule has 0 saturated carbocycles. The van der Waals surface area contributed by atoms with Crippen molar-refractivity contribution in [3.8, 4) is 0 Å². The quantitative estimate of drug-likeness (QED) is 0.549. The van der Waals surface area contributed by atoms with Crippen molar-refractivity contribution >= 4 is 29.5 Å². The smallest absolute Gasteiger partial charge is 0.308 e. The number of hydrogen-bond donors (Lipinski definition) is 2. The molecule has 3 fully saturated rings. The second-order valence-electron chi connectivity index (χ2n) is 10.2. The molecule has 0 aromatic carbocycles. The molecule has 3 aliphatic rings. The first-order chi connectivity index (χ1) is 14.5. The topological polar surface area (TPSA) is 98.2 Å². The molecule has 3 aliphatic heterocycles. The molecule has 0 aromatic rings. The maximum absolute atomic E-state index is 14.1. The highest BCUT2D eigenvalue weighted by atomic mass is 32.2. The summed E-state index contributed by atoms with van der Waals surface area (Å²) in [5, 5.41) is 20.0. The van der Waals surface area contributed by atoms with Crippen LogP contribution in [0.1, 0.15) is 53.9 Å². The number of likely N-dealkylation sites (tertiary alicyclic amines) is 1. The minimum atomic E-state index is -0.965. The normalized spacial score (nSPS) is 33.9. The van der Waals surface area contributed by atoms with E-state index < -0.39 is 40.2 Å². The van der Waals surface area contributed by atoms with Crippen LogP contribution in [-0.2, 0) is 14.4 Å². The largest absolute Gasteiger partial charge is 0.481 e. The molecule has 2 N–H and O–H groups in total. The van der Waals surface area contributed by atoms with E-state index in [2.05, 4.69) is 6.58 Å². The van der Waals surface area contributed by atoms with Gasteiger partial charge in [-0.3, -0.25) is 14.4 Å². The Morgan fingerprint density at radius 1 is 1.42 bits per heavy atom. The van der Waals surface area contributed by atoms with Crippen molar-refractivity contribution in [2.45, 2.75) is 81.5 Å². The fraction of sp³-hybridized carbons (Fsp3) is 0.783. The van der Waals surface area contributed by atoms with Crippen molar-refractivity contribution in [2.75, 3.05) is 13.2 Å². The van der Waals surface area contributed by atoms with Crippen molar-refractivity contribution in [2.24, 2.45) is 17.8 Å². The van der Waals surface area contributed by atoms with Gasteiger partial charge in [0.2, 0.25) is 11.8 Å². The lowest BCUT2D eigenvalue weighted by atomic mass is 9.71. The van der Waals surface area contributed by atoms with Crippen molar-refractivity contribution in [3.63, 3.8) is 0 Å². The number of thioether (sulfide) groups is 1. The lowest BCUT2D eigenvalue weighted by Crippen LogP contribution is -2.61. The summed E-state index contributed by atoms with van der Waals surface area (Å²) in [5.41, 5.74) is -0.493. The Labute approximate surface area is 189 Å². The van der Waals surface area contributed by atoms with Crippen LogP contribution >= 0.6 is 11.8 Å². The minimum absolute atomic E-state index is 0.0209. The summed E-state index contributed by atoms with van der Waals surface area (Å²) < 4.78 is -0.757. The van der Waals surface area contributed by atoms with Gasteiger partial charge in [-0.2, -0.15) is 0 Å². The lowest BCUT2D eigenvalue weighted by Gasteiger charge is -2.44. The zero-order valence-electron chi connectivity index (χ0n) is 19.2. The first-order valence-corrected chi connectivity index (χ1v) is 12.1. The Morgan fingerprint density at radius 3 is 2.55 bits per heavy atom. The fourth-order valence-corrected chi connectivity index (χ4v) is 7.99. The van der Waals surface area contributed by atoms with Crippen LogP contribution < -0.4 is 0 Å². The molecule has 31 heavy (non-hydrogen) atoms. The van der Waals surface area contributed by atoms with Crippen molar-refractivity contribution < 1.29 is 24.6 Å². The van der Waals surface area contributed by atoms with Gasteiger partial charge in [-0.1, -0.05) is 26.3 Å². The molecule has 0 aromatic heterocycles. The molecule has 2 bridgehead atoms. The highest BCUT2D eigenvalue weighted by Gasteiger charge is 2.75. The van der Waals surface area contributed by atoms with E-state index in [1.165, 1.54) is 11.8 Å². The maximum atomic E-state index is 14.1. The fourth-order valence-electron chi connectivity index (χ4n) is 5.79. The Hall–Kier alpha value is -1.54. The van der Waals surface area contributed by atoms with E-state index in [0.29, 0.717) is 19.4 Å². The van der Waals surface area contributed by atoms with Gasteiger partial charge in [0.05, 0.1) is 29.2 Å². The van der Waals surface area contributed by atoms with Gasteiger partial charge in [-0.05, 0) is 39.5 Å². The predicted octanol–water partition coefficient (Wildman–Crippen LogP) is 2.38. The summed E-state index contributed by atoms with van der Waals surface area (Å²) in [6, 6.07) is -1.30. The summed E-state index contributed by atoms with van der Waals surface area (Å²) in [7, 11) is 0. The van der Waals surface area contributed by atoms with E-state index in [1.54, 1.807) is 15.9 Å². The second-order valence-corrected chi connectivity index (χ2v) is 11.8. The number of rotatable bonds is 8. The summed E-state index contributed by atoms with van der Waals surface area (Å²) in [4.78, 5) is 43.4. The van der Waals surface area contributed by atoms with Gasteiger partial charge in [-0.25, -0.2) is 0 Å². The van der Waals surface area contributed by atoms with Crippen LogP contribution in [0.2, 0.25) is 0 Å². The van der Waals surface area contributed by atoms with E-state index >= 15 is 0 Å². The van der Waals surface area contributed by atoms with E-state index in [1.807, 2.05) is 34.6 Å². The molecule has 0 aliphatic carbocycles. The molecule has 1 spiro atoms. The van der Waals surface area contributed by atoms with Crippen molar-refractivity contribution in [1.29, 1.82) is 0 Å². The Bertz CT molecular complexity index is 766. The second kappa shape index (κ2) is 8.43. The molecule has 3 rings (SSSR count). The number of carbonyl (C=O) groups excluding carboxylic acids is 2. The number of aliphatic carboxylic acids is 1. The number of carbonyl (C=O) groups is 3. The number of amides is 2. The third-order valence-corrected chi connectivity index (χ3v) is 9.44. The zero-order valence-corrected chi connectivity index (χ0v) is 20.0. The van der Waals surface area contributed by atoms with Crippen molar-refractivity contribution in [1.82, 2.24) is 9.80 Å². The number of hydrogen-bond acceptors (Lipinski definition) is 5. The van der Waals surface area contributed by atoms with Crippen LogP contribution in [0.15, 0.2) is 12.7 Å². The van der Waals surface area contributed by atoms with Gasteiger partial charge >= 0.3 is 5.97 Å². The summed E-state index contributed by atoms with van der Waals surface area (Å²) >= 11 is 1.52. The Morgan fingerprint density at radius 2 is 2.06 bits per heavy atom. The molecule has 174 valence electrons. The summed E-state index contributed by atoms with van der Waals surface area (Å²) in [6.07, 6.45) is 3.74. The molecular weight excluding hydrogens is 416 g/mol. The third kappa shape index (κ3) is 3.59. The molecule has 7 atom stereocenters. The number of carboxylic acids is 1. The van der Waals surface area contributed by atoms with E-state index in [-0.39, 0.29) is 29.6 Å². The average Bonchev–Trinajstić information content (AvgIpc) is 3.33. The van der Waals surface area contributed by atoms with E-state index in [0.717, 1.165) is 6.42 Å². The first-order valence-electron chi connectivity index (χ1n) is 11.2. The molecule has 2 unspecified atom stereocenters. The summed E-state index contributed by atoms with van der Waals surface area (Å²) in [5.74, 6) is -2.96. The van der Waals surface area contributed by atoms with Crippen LogP contribution in [0.5, 0.6) is 0 Å². The van der Waals surface area contributed by atoms with Gasteiger partial charge in [0.15, 0.2) is 0 Å². The highest BCUT2D eigenvalue weighted by Crippen LogP contribution is 2.67. The molecule has 7 nitrogen and oxygen atoms in total. The molecule has 2 amide bonds. The monoisotopic (exact) mass is 452 g/mol. The predicted molar refractivity (Wildman–Crippen MR) is 121 cm³/mol. The molecular formula is C23H36N2O5S. The number of carboxylic acid groups (broad SMARTS) is 1. The molecule has 8 heteroatoms. The number of aliphatic hydroxyl groups is 1. The van der Waals surface area contributed by atoms with Gasteiger partial charge in [0.1, 0.15) is 6.04 Å². The van der Waals surface area contributed by atoms with Gasteiger partial charge in [0, 0.05) is 17.3 Å². The highest BCUT2D eigenvalue weighted by molar-refractivity contribution is 8.02. The number of fused-ring (bicyclic) bond motifs is 1. The number of nitrogens with zero attached hydrogens (tertiary/aromatic N) is 2. The van der Waals surface area contributed by atoms with Crippen LogP contribution in [-0.4, -0.2) is 78.6 Å². The van der Waals surface area contributed by atoms with Crippen molar-refractivity contribution in [3.05, 3.63) is 12.7 Å². The van der Waals surface area contributed by atoms with Crippen LogP contribution in [0.4, 0.5) is 0 Å². The third-order valence-electron chi connectivity index (χ3n) is 7.49. The van der Waals surface area contributed by atoms with Crippen LogP contribution in [0.3, 0.4) is 0 Å². The standard InChI is InChI=1S/C23H36N2O5S/c1-7-11-24(22(4,5)6)20(28)18-23-10-9-15(31-23)16(21(29)30)17(23)19(27)25(18)14(12-26)13(3)8-2/h7,13-18,26H,1,8-12H2,2-6H3,(H,29,30)/t13-,14-,15-,16+,17-,18?,23?/m0/s1. The first kappa shape index (κ1) is 24.1. The Balaban J connectivity index is 2.16. The maximum Gasteiger partial charge on any atom is 0.308 e. The van der Waals surface area contributed by atoms with Crippen LogP contribution in [0.25, 0.3) is 0 Å². The summed E-state index contributed by atoms with van der Waals surface area (Å²) in [6.45, 7) is 13.7. The lowest BCUT2D eigenvalue weighted by molar-refractivity contribution is -0.151. The minimum Gasteiger partial charge on any atom is -0.481 e. The van der Waals surface area contributed by atoms with Gasteiger partial charge in [0.25, 0.3) is 0 Å². The van der Waals surface area contributed by atoms with Gasteiger partial charge in [-0.15, -0.1) is 18.3 Å². The molecule has 3 heterocycles. The Kier molecular flexibility index (Phi) is 6.55. The molecule has 0 radical (unpaired) electrons. The van der Waals surface area contributed by atoms with E-state index in [9.17, 15) is 24.6 Å². The average molecular weight is 453 g/mol. The SMILES string of the molecule is C=CCN(C(=O)C1N([C@@H](CO)[C@@H](C)CC)C(=O)[C@@H]2[C@H](C(=O)O)[C@@H]3CCC12S3)C(C)(C)C. The molecule has 3 saturated heterocycles. The van der Waals surface area contributed by atoms with Gasteiger partial charge < -0.3 is 20.0 Å². The number of aliphatic hydroxyl groups excluding tert-OH is 1.